The predicted octanol–water partition coefficient (Wildman–Crippen LogP) is 3.45. The van der Waals surface area contributed by atoms with Crippen LogP contribution in [0.15, 0.2) is 0 Å². The van der Waals surface area contributed by atoms with Crippen molar-refractivity contribution in [3.8, 4) is 0 Å². The molecule has 6 nitrogen and oxygen atoms in total. The Morgan fingerprint density at radius 2 is 1.29 bits per heavy atom. The Hall–Kier alpha value is -0.0700. The number of aliphatic hydroxyl groups is 3. The summed E-state index contributed by atoms with van der Waals surface area (Å²) in [6.07, 6.45) is 14.9. The molecule has 4 atom stereocenters. The van der Waals surface area contributed by atoms with Gasteiger partial charge in [0.05, 0.1) is 6.61 Å². The molecule has 0 radical (unpaired) electrons. The summed E-state index contributed by atoms with van der Waals surface area (Å²) < 4.78 is 58.9. The second-order valence-corrected chi connectivity index (χ2v) is 11.8. The first-order valence-electron chi connectivity index (χ1n) is 11.1. The number of hydrogen-bond donors (Lipinski definition) is 3. The van der Waals surface area contributed by atoms with E-state index in [0.717, 1.165) is 5.75 Å². The third-order valence-electron chi connectivity index (χ3n) is 5.31. The van der Waals surface area contributed by atoms with E-state index >= 15 is 0 Å². The fraction of sp³-hybridized carbons (Fsp3) is 1.00. The van der Waals surface area contributed by atoms with Gasteiger partial charge >= 0.3 is 5.51 Å². The van der Waals surface area contributed by atoms with Crippen molar-refractivity contribution in [3.63, 3.8) is 0 Å². The van der Waals surface area contributed by atoms with Crippen LogP contribution in [0.3, 0.4) is 0 Å². The van der Waals surface area contributed by atoms with Crippen molar-refractivity contribution >= 4 is 21.0 Å². The van der Waals surface area contributed by atoms with Gasteiger partial charge < -0.3 is 19.9 Å². The molecule has 31 heavy (non-hydrogen) atoms. The molecular weight excluding hydrogens is 457 g/mol. The van der Waals surface area contributed by atoms with E-state index in [9.17, 15) is 28.5 Å². The third-order valence-corrected chi connectivity index (χ3v) is 8.75. The number of unbranched alkanes of at least 4 members (excludes halogenated alkanes) is 11. The number of aliphatic hydroxyl groups excluding tert-OH is 3. The number of halogens is 3. The molecule has 0 saturated carbocycles. The Balaban J connectivity index is 0.000000954. The fourth-order valence-corrected chi connectivity index (χ4v) is 6.18. The SMILES string of the molecule is CCCCCCCCCCCCCC[S+]1C[C@@H](O)[C@H](O)[C@H]1CO.O=S(=O)([O-])C(F)(F)F. The summed E-state index contributed by atoms with van der Waals surface area (Å²) in [6.45, 7) is 2.28. The van der Waals surface area contributed by atoms with Crippen LogP contribution in [0, 0.1) is 0 Å². The van der Waals surface area contributed by atoms with Gasteiger partial charge in [-0.3, -0.25) is 0 Å². The lowest BCUT2D eigenvalue weighted by atomic mass is 10.1. The van der Waals surface area contributed by atoms with Gasteiger partial charge in [-0.1, -0.05) is 71.1 Å². The Bertz CT molecular complexity index is 546. The Kier molecular flexibility index (Phi) is 16.5. The molecule has 0 bridgehead atoms. The van der Waals surface area contributed by atoms with Crippen molar-refractivity contribution in [2.75, 3.05) is 18.1 Å². The monoisotopic (exact) mass is 496 g/mol. The normalized spacial score (nSPS) is 24.1. The van der Waals surface area contributed by atoms with Crippen LogP contribution in [0.5, 0.6) is 0 Å². The first kappa shape index (κ1) is 30.9. The second kappa shape index (κ2) is 16.5. The zero-order valence-electron chi connectivity index (χ0n) is 18.4. The molecule has 1 heterocycles. The van der Waals surface area contributed by atoms with E-state index in [2.05, 4.69) is 6.92 Å². The topological polar surface area (TPSA) is 118 Å². The van der Waals surface area contributed by atoms with Gasteiger partial charge in [-0.2, -0.15) is 13.2 Å². The van der Waals surface area contributed by atoms with Crippen LogP contribution in [0.1, 0.15) is 84.0 Å². The molecule has 0 amide bonds. The zero-order chi connectivity index (χ0) is 23.9. The Morgan fingerprint density at radius 1 is 0.903 bits per heavy atom. The number of alkyl halides is 3. The lowest BCUT2D eigenvalue weighted by Gasteiger charge is -2.11. The van der Waals surface area contributed by atoms with Gasteiger partial charge in [-0.15, -0.1) is 0 Å². The summed E-state index contributed by atoms with van der Waals surface area (Å²) in [4.78, 5) is 0. The van der Waals surface area contributed by atoms with E-state index in [4.69, 9.17) is 13.0 Å². The van der Waals surface area contributed by atoms with E-state index < -0.39 is 27.8 Å². The average molecular weight is 497 g/mol. The molecule has 1 saturated heterocycles. The van der Waals surface area contributed by atoms with Crippen LogP contribution in [0.25, 0.3) is 0 Å². The summed E-state index contributed by atoms with van der Waals surface area (Å²) in [7, 11) is -6.08. The van der Waals surface area contributed by atoms with Crippen LogP contribution in [0.2, 0.25) is 0 Å². The van der Waals surface area contributed by atoms with Crippen molar-refractivity contribution in [1.29, 1.82) is 0 Å². The molecule has 1 rings (SSSR count). The van der Waals surface area contributed by atoms with Gasteiger partial charge in [0.25, 0.3) is 0 Å². The smallest absolute Gasteiger partial charge is 0.485 e. The van der Waals surface area contributed by atoms with E-state index in [-0.39, 0.29) is 22.8 Å². The maximum Gasteiger partial charge on any atom is 0.485 e. The van der Waals surface area contributed by atoms with Crippen molar-refractivity contribution < 1.29 is 41.5 Å². The largest absolute Gasteiger partial charge is 0.741 e. The molecule has 1 aliphatic heterocycles. The molecule has 1 fully saturated rings. The van der Waals surface area contributed by atoms with Gasteiger partial charge in [0.15, 0.2) is 15.4 Å². The molecule has 188 valence electrons. The van der Waals surface area contributed by atoms with Crippen LogP contribution in [-0.2, 0) is 21.0 Å². The third kappa shape index (κ3) is 13.9. The molecule has 3 N–H and O–H groups in total. The first-order valence-corrected chi connectivity index (χ1v) is 14.1. The van der Waals surface area contributed by atoms with Crippen molar-refractivity contribution in [1.82, 2.24) is 0 Å². The summed E-state index contributed by atoms with van der Waals surface area (Å²) in [5.41, 5.74) is -5.65. The summed E-state index contributed by atoms with van der Waals surface area (Å²) in [5.74, 6) is 1.75. The van der Waals surface area contributed by atoms with E-state index in [0.29, 0.717) is 5.75 Å². The van der Waals surface area contributed by atoms with Crippen molar-refractivity contribution in [2.24, 2.45) is 0 Å². The molecular formula is C20H39F3O6S2. The van der Waals surface area contributed by atoms with Gasteiger partial charge in [-0.05, 0) is 23.7 Å². The van der Waals surface area contributed by atoms with Crippen LogP contribution < -0.4 is 0 Å². The minimum atomic E-state index is -6.09. The highest BCUT2D eigenvalue weighted by molar-refractivity contribution is 7.97. The standard InChI is InChI=1S/C19H39O3S.CHF3O3S/c1-2-3-4-5-6-7-8-9-10-11-12-13-14-23-16-17(21)19(22)18(23)15-20;2-1(3,4)8(5,6)7/h17-22H,2-16H2,1H3;(H,5,6,7)/q+1;/p-1/t17-,18-,19+,23?;/m1./s1. The van der Waals surface area contributed by atoms with Crippen LogP contribution in [-0.4, -0.2) is 69.4 Å². The summed E-state index contributed by atoms with van der Waals surface area (Å²) in [6, 6.07) is 0. The molecule has 0 aromatic heterocycles. The predicted molar refractivity (Wildman–Crippen MR) is 117 cm³/mol. The quantitative estimate of drug-likeness (QED) is 0.147. The Labute approximate surface area is 187 Å². The summed E-state index contributed by atoms with van der Waals surface area (Å²) in [5, 5.41) is 28.8. The number of hydrogen-bond acceptors (Lipinski definition) is 6. The highest BCUT2D eigenvalue weighted by Gasteiger charge is 2.48. The van der Waals surface area contributed by atoms with Crippen molar-refractivity contribution in [3.05, 3.63) is 0 Å². The first-order chi connectivity index (χ1) is 14.5. The molecule has 0 aromatic carbocycles. The zero-order valence-corrected chi connectivity index (χ0v) is 20.0. The van der Waals surface area contributed by atoms with Gasteiger partial charge in [0.1, 0.15) is 23.7 Å². The fourth-order valence-electron chi connectivity index (χ4n) is 3.46. The maximum absolute atomic E-state index is 10.7. The second-order valence-electron chi connectivity index (χ2n) is 7.98. The molecule has 1 unspecified atom stereocenters. The number of rotatable bonds is 14. The van der Waals surface area contributed by atoms with E-state index in [1.54, 1.807) is 0 Å². The molecule has 0 aromatic rings. The van der Waals surface area contributed by atoms with E-state index in [1.165, 1.54) is 77.0 Å². The molecule has 0 aliphatic carbocycles. The lowest BCUT2D eigenvalue weighted by Crippen LogP contribution is -2.34. The molecule has 0 spiro atoms. The molecule has 11 heteroatoms. The average Bonchev–Trinajstić information content (AvgIpc) is 2.94. The van der Waals surface area contributed by atoms with Gasteiger partial charge in [0.2, 0.25) is 0 Å². The van der Waals surface area contributed by atoms with Gasteiger partial charge in [-0.25, -0.2) is 8.42 Å². The van der Waals surface area contributed by atoms with Gasteiger partial charge in [0, 0.05) is 0 Å². The van der Waals surface area contributed by atoms with Crippen LogP contribution in [0.4, 0.5) is 13.2 Å². The molecule has 1 aliphatic rings. The summed E-state index contributed by atoms with van der Waals surface area (Å²) >= 11 is 0. The van der Waals surface area contributed by atoms with Crippen molar-refractivity contribution in [2.45, 2.75) is 107 Å². The highest BCUT2D eigenvalue weighted by Crippen LogP contribution is 2.25. The van der Waals surface area contributed by atoms with Crippen LogP contribution >= 0.6 is 0 Å². The van der Waals surface area contributed by atoms with E-state index in [1.807, 2.05) is 0 Å². The lowest BCUT2D eigenvalue weighted by molar-refractivity contribution is -0.0517. The maximum atomic E-state index is 10.7. The minimum absolute atomic E-state index is 0.0102. The minimum Gasteiger partial charge on any atom is -0.741 e. The Morgan fingerprint density at radius 3 is 1.65 bits per heavy atom. The highest BCUT2D eigenvalue weighted by atomic mass is 32.2.